The molecule has 0 fully saturated rings. The van der Waals surface area contributed by atoms with Gasteiger partial charge in [-0.3, -0.25) is 20.4 Å². The number of aromatic nitrogens is 1. The summed E-state index contributed by atoms with van der Waals surface area (Å²) >= 11 is 1.52. The number of carbonyl (C=O) groups excluding carboxylic acids is 2. The highest BCUT2D eigenvalue weighted by Crippen LogP contribution is 2.28. The number of hydrogen-bond donors (Lipinski definition) is 2. The predicted molar refractivity (Wildman–Crippen MR) is 95.9 cm³/mol. The molecule has 3 rings (SSSR count). The molecule has 0 saturated carbocycles. The first-order chi connectivity index (χ1) is 12.2. The van der Waals surface area contributed by atoms with Crippen LogP contribution in [0.15, 0.2) is 24.4 Å². The molecule has 6 nitrogen and oxygen atoms in total. The second-order valence-electron chi connectivity index (χ2n) is 5.82. The van der Waals surface area contributed by atoms with Crippen molar-refractivity contribution in [1.29, 1.82) is 0 Å². The maximum absolute atomic E-state index is 12.3. The molecule has 0 aromatic carbocycles. The van der Waals surface area contributed by atoms with Gasteiger partial charge in [-0.15, -0.1) is 11.3 Å². The molecule has 0 saturated heterocycles. The van der Waals surface area contributed by atoms with Gasteiger partial charge >= 0.3 is 0 Å². The highest BCUT2D eigenvalue weighted by molar-refractivity contribution is 7.14. The Morgan fingerprint density at radius 1 is 1.20 bits per heavy atom. The van der Waals surface area contributed by atoms with E-state index in [-0.39, 0.29) is 17.4 Å². The number of nitrogens with zero attached hydrogens (tertiary/aromatic N) is 1. The van der Waals surface area contributed by atoms with E-state index < -0.39 is 5.91 Å². The fourth-order valence-corrected chi connectivity index (χ4v) is 3.99. The lowest BCUT2D eigenvalue weighted by atomic mass is 10.1. The molecule has 1 aliphatic carbocycles. The fraction of sp³-hybridized carbons (Fsp3) is 0.389. The number of ether oxygens (including phenoxy) is 1. The molecule has 1 aliphatic rings. The number of carbonyl (C=O) groups is 2. The van der Waals surface area contributed by atoms with Crippen molar-refractivity contribution in [2.75, 3.05) is 6.61 Å². The smallest absolute Gasteiger partial charge is 0.279 e. The topological polar surface area (TPSA) is 80.3 Å². The lowest BCUT2D eigenvalue weighted by Crippen LogP contribution is -2.41. The third-order valence-corrected chi connectivity index (χ3v) is 5.29. The minimum absolute atomic E-state index is 0.250. The zero-order valence-corrected chi connectivity index (χ0v) is 14.9. The van der Waals surface area contributed by atoms with Gasteiger partial charge < -0.3 is 4.74 Å². The largest absolute Gasteiger partial charge is 0.477 e. The van der Waals surface area contributed by atoms with Crippen molar-refractivity contribution in [1.82, 2.24) is 15.8 Å². The molecule has 2 amide bonds. The Balaban J connectivity index is 1.63. The van der Waals surface area contributed by atoms with E-state index in [0.717, 1.165) is 12.8 Å². The van der Waals surface area contributed by atoms with Crippen LogP contribution in [0.25, 0.3) is 0 Å². The van der Waals surface area contributed by atoms with Crippen LogP contribution >= 0.6 is 11.3 Å². The Morgan fingerprint density at radius 3 is 2.84 bits per heavy atom. The van der Waals surface area contributed by atoms with Crippen molar-refractivity contribution in [3.8, 4) is 5.88 Å². The summed E-state index contributed by atoms with van der Waals surface area (Å²) < 4.78 is 5.33. The van der Waals surface area contributed by atoms with Crippen LogP contribution < -0.4 is 15.6 Å². The average Bonchev–Trinajstić information content (AvgIpc) is 2.91. The van der Waals surface area contributed by atoms with Gasteiger partial charge in [0.05, 0.1) is 11.5 Å². The van der Waals surface area contributed by atoms with E-state index in [4.69, 9.17) is 4.74 Å². The van der Waals surface area contributed by atoms with E-state index >= 15 is 0 Å². The van der Waals surface area contributed by atoms with Gasteiger partial charge in [-0.1, -0.05) is 6.42 Å². The number of hydrazine groups is 1. The fourth-order valence-electron chi connectivity index (χ4n) is 2.84. The van der Waals surface area contributed by atoms with Crippen LogP contribution in [0.2, 0.25) is 0 Å². The Bertz CT molecular complexity index is 749. The molecule has 2 heterocycles. The number of amides is 2. The first-order valence-electron chi connectivity index (χ1n) is 8.49. The van der Waals surface area contributed by atoms with Crippen molar-refractivity contribution >= 4 is 23.2 Å². The second-order valence-corrected chi connectivity index (χ2v) is 6.95. The first kappa shape index (κ1) is 17.4. The maximum atomic E-state index is 12.3. The molecule has 0 bridgehead atoms. The molecule has 2 N–H and O–H groups in total. The summed E-state index contributed by atoms with van der Waals surface area (Å²) in [5.74, 6) is -0.504. The zero-order valence-electron chi connectivity index (χ0n) is 14.1. The summed E-state index contributed by atoms with van der Waals surface area (Å²) in [7, 11) is 0. The second kappa shape index (κ2) is 8.11. The van der Waals surface area contributed by atoms with E-state index in [9.17, 15) is 9.59 Å². The third-order valence-electron chi connectivity index (χ3n) is 4.06. The van der Waals surface area contributed by atoms with Crippen LogP contribution in [-0.2, 0) is 12.8 Å². The van der Waals surface area contributed by atoms with Gasteiger partial charge in [0.15, 0.2) is 0 Å². The zero-order chi connectivity index (χ0) is 17.6. The van der Waals surface area contributed by atoms with Gasteiger partial charge in [0, 0.05) is 11.1 Å². The van der Waals surface area contributed by atoms with E-state index in [1.807, 2.05) is 13.0 Å². The van der Waals surface area contributed by atoms with Gasteiger partial charge in [-0.25, -0.2) is 4.98 Å². The lowest BCUT2D eigenvalue weighted by molar-refractivity contribution is 0.0846. The number of nitrogens with one attached hydrogen (secondary N) is 2. The summed E-state index contributed by atoms with van der Waals surface area (Å²) in [5, 5.41) is 0. The first-order valence-corrected chi connectivity index (χ1v) is 9.30. The Kier molecular flexibility index (Phi) is 5.65. The quantitative estimate of drug-likeness (QED) is 0.650. The number of rotatable bonds is 4. The molecule has 132 valence electrons. The minimum Gasteiger partial charge on any atom is -0.477 e. The molecule has 7 heteroatoms. The molecule has 0 aliphatic heterocycles. The van der Waals surface area contributed by atoms with Crippen LogP contribution in [0.3, 0.4) is 0 Å². The van der Waals surface area contributed by atoms with Gasteiger partial charge in [0.2, 0.25) is 5.88 Å². The van der Waals surface area contributed by atoms with Crippen LogP contribution in [0, 0.1) is 0 Å². The number of hydrogen-bond acceptors (Lipinski definition) is 5. The van der Waals surface area contributed by atoms with Gasteiger partial charge in [-0.2, -0.15) is 0 Å². The van der Waals surface area contributed by atoms with E-state index in [0.29, 0.717) is 11.5 Å². The van der Waals surface area contributed by atoms with Gasteiger partial charge in [0.1, 0.15) is 5.56 Å². The van der Waals surface area contributed by atoms with Crippen molar-refractivity contribution in [3.63, 3.8) is 0 Å². The molecular formula is C18H21N3O3S. The number of thiophene rings is 1. The molecule has 25 heavy (non-hydrogen) atoms. The Morgan fingerprint density at radius 2 is 2.00 bits per heavy atom. The molecule has 0 spiro atoms. The minimum atomic E-state index is -0.456. The van der Waals surface area contributed by atoms with E-state index in [2.05, 4.69) is 15.8 Å². The van der Waals surface area contributed by atoms with Crippen molar-refractivity contribution in [2.45, 2.75) is 39.0 Å². The van der Waals surface area contributed by atoms with Crippen LogP contribution in [0.5, 0.6) is 5.88 Å². The van der Waals surface area contributed by atoms with Gasteiger partial charge in [-0.05, 0) is 56.4 Å². The summed E-state index contributed by atoms with van der Waals surface area (Å²) in [6.07, 6.45) is 7.20. The van der Waals surface area contributed by atoms with Crippen LogP contribution in [0.1, 0.15) is 56.7 Å². The Hall–Kier alpha value is -2.41. The van der Waals surface area contributed by atoms with Crippen molar-refractivity contribution in [2.24, 2.45) is 0 Å². The number of pyridine rings is 1. The normalized spacial score (nSPS) is 13.5. The standard InChI is InChI=1S/C18H21N3O3S/c1-2-24-18-13(8-6-10-19-18)16(22)20-21-17(23)15-11-12-7-4-3-5-9-14(12)25-15/h6,8,10-11H,2-5,7,9H2,1H3,(H,20,22)(H,21,23). The summed E-state index contributed by atoms with van der Waals surface area (Å²) in [6, 6.07) is 5.20. The molecule has 2 aromatic rings. The highest BCUT2D eigenvalue weighted by Gasteiger charge is 2.18. The number of fused-ring (bicyclic) bond motifs is 1. The lowest BCUT2D eigenvalue weighted by Gasteiger charge is -2.09. The van der Waals surface area contributed by atoms with Crippen LogP contribution in [0.4, 0.5) is 0 Å². The number of aryl methyl sites for hydroxylation is 2. The van der Waals surface area contributed by atoms with Gasteiger partial charge in [0.25, 0.3) is 11.8 Å². The molecule has 0 atom stereocenters. The maximum Gasteiger partial charge on any atom is 0.279 e. The molecule has 2 aromatic heterocycles. The molecule has 0 unspecified atom stereocenters. The van der Waals surface area contributed by atoms with E-state index in [1.54, 1.807) is 18.3 Å². The van der Waals surface area contributed by atoms with Crippen LogP contribution in [-0.4, -0.2) is 23.4 Å². The summed E-state index contributed by atoms with van der Waals surface area (Å²) in [6.45, 7) is 2.23. The molecule has 0 radical (unpaired) electrons. The Labute approximate surface area is 150 Å². The predicted octanol–water partition coefficient (Wildman–Crippen LogP) is 2.89. The average molecular weight is 359 g/mol. The highest BCUT2D eigenvalue weighted by atomic mass is 32.1. The monoisotopic (exact) mass is 359 g/mol. The SMILES string of the molecule is CCOc1ncccc1C(=O)NNC(=O)c1cc2c(s1)CCCCC2. The van der Waals surface area contributed by atoms with Crippen molar-refractivity contribution in [3.05, 3.63) is 45.3 Å². The van der Waals surface area contributed by atoms with Crippen molar-refractivity contribution < 1.29 is 14.3 Å². The molecular weight excluding hydrogens is 338 g/mol. The third kappa shape index (κ3) is 4.17. The summed E-state index contributed by atoms with van der Waals surface area (Å²) in [5.41, 5.74) is 6.47. The summed E-state index contributed by atoms with van der Waals surface area (Å²) in [4.78, 5) is 30.6. The van der Waals surface area contributed by atoms with E-state index in [1.165, 1.54) is 41.0 Å².